The molecule has 4 aromatic rings. The van der Waals surface area contributed by atoms with Crippen molar-refractivity contribution in [1.29, 1.82) is 0 Å². The van der Waals surface area contributed by atoms with Gasteiger partial charge in [-0.15, -0.1) is 0 Å². The quantitative estimate of drug-likeness (QED) is 0.518. The number of aliphatic imine (C=N–C) groups is 1. The van der Waals surface area contributed by atoms with Gasteiger partial charge in [0.15, 0.2) is 0 Å². The first kappa shape index (κ1) is 18.9. The Morgan fingerprint density at radius 1 is 0.871 bits per heavy atom. The number of hydrogen-bond acceptors (Lipinski definition) is 6. The van der Waals surface area contributed by atoms with Crippen LogP contribution in [0.1, 0.15) is 22.3 Å². The molecule has 0 aliphatic carbocycles. The first-order chi connectivity index (χ1) is 15.1. The van der Waals surface area contributed by atoms with Gasteiger partial charge in [0.25, 0.3) is 0 Å². The smallest absolute Gasteiger partial charge is 0.316 e. The van der Waals surface area contributed by atoms with Crippen LogP contribution in [0.4, 0.5) is 4.39 Å². The lowest BCUT2D eigenvalue weighted by molar-refractivity contribution is 0.378. The van der Waals surface area contributed by atoms with Gasteiger partial charge in [0.2, 0.25) is 5.95 Å². The number of rotatable bonds is 4. The van der Waals surface area contributed by atoms with Gasteiger partial charge in [-0.3, -0.25) is 0 Å². The molecule has 0 spiro atoms. The molecule has 0 saturated carbocycles. The van der Waals surface area contributed by atoms with E-state index < -0.39 is 11.5 Å². The number of fused-ring (bicyclic) bond motifs is 1. The van der Waals surface area contributed by atoms with E-state index in [2.05, 4.69) is 15.0 Å². The van der Waals surface area contributed by atoms with Crippen molar-refractivity contribution in [3.8, 4) is 17.1 Å². The van der Waals surface area contributed by atoms with Gasteiger partial charge in [-0.1, -0.05) is 42.5 Å². The Bertz CT molecular complexity index is 1310. The Morgan fingerprint density at radius 2 is 1.65 bits per heavy atom. The molecule has 3 heterocycles. The second-order valence-corrected chi connectivity index (χ2v) is 7.13. The molecule has 1 aliphatic rings. The molecule has 152 valence electrons. The Hall–Kier alpha value is -4.13. The fraction of sp³-hybridized carbons (Fsp3) is 0.0833. The highest BCUT2D eigenvalue weighted by Gasteiger charge is 2.43. The molecule has 1 unspecified atom stereocenters. The van der Waals surface area contributed by atoms with E-state index in [4.69, 9.17) is 15.5 Å². The van der Waals surface area contributed by atoms with Crippen LogP contribution >= 0.6 is 0 Å². The molecule has 7 heteroatoms. The van der Waals surface area contributed by atoms with Crippen molar-refractivity contribution < 1.29 is 9.13 Å². The van der Waals surface area contributed by atoms with Crippen molar-refractivity contribution in [2.45, 2.75) is 5.54 Å². The zero-order chi connectivity index (χ0) is 21.4. The van der Waals surface area contributed by atoms with E-state index in [1.54, 1.807) is 24.5 Å². The molecule has 2 aromatic heterocycles. The monoisotopic (exact) mass is 411 g/mol. The van der Waals surface area contributed by atoms with Crippen molar-refractivity contribution in [3.05, 3.63) is 107 Å². The Balaban J connectivity index is 1.78. The summed E-state index contributed by atoms with van der Waals surface area (Å²) >= 11 is 0. The van der Waals surface area contributed by atoms with E-state index >= 15 is 0 Å². The van der Waals surface area contributed by atoms with Gasteiger partial charge in [-0.25, -0.2) is 19.9 Å². The third-order valence-electron chi connectivity index (χ3n) is 5.46. The molecule has 2 aromatic carbocycles. The summed E-state index contributed by atoms with van der Waals surface area (Å²) in [5, 5.41) is 0. The maximum atomic E-state index is 14.4. The average Bonchev–Trinajstić information content (AvgIpc) is 3.13. The van der Waals surface area contributed by atoms with Gasteiger partial charge < -0.3 is 10.5 Å². The SMILES string of the molecule is COc1ncc(C2(c3cccc(-c4cccnc4F)c3)N=C(N)c3ccccc32)cn1. The molecular formula is C24H18FN5O. The molecule has 5 rings (SSSR count). The number of nitrogens with zero attached hydrogens (tertiary/aromatic N) is 4. The number of nitrogens with two attached hydrogens (primary N) is 1. The standard InChI is InChI=1S/C24H18FN5O/c1-31-23-28-13-17(14-29-23)24(20-10-3-2-8-19(20)22(26)30-24)16-7-4-6-15(12-16)18-9-5-11-27-21(18)25/h2-14H,1H3,(H2,26,30). The van der Waals surface area contributed by atoms with Gasteiger partial charge in [0, 0.05) is 35.3 Å². The predicted octanol–water partition coefficient (Wildman–Crippen LogP) is 3.70. The molecule has 31 heavy (non-hydrogen) atoms. The number of methoxy groups -OCH3 is 1. The number of amidine groups is 1. The van der Waals surface area contributed by atoms with Crippen LogP contribution in [0.5, 0.6) is 6.01 Å². The fourth-order valence-electron chi connectivity index (χ4n) is 4.05. The molecule has 1 aliphatic heterocycles. The average molecular weight is 411 g/mol. The van der Waals surface area contributed by atoms with Gasteiger partial charge >= 0.3 is 6.01 Å². The molecule has 0 fully saturated rings. The maximum Gasteiger partial charge on any atom is 0.316 e. The van der Waals surface area contributed by atoms with Gasteiger partial charge in [-0.05, 0) is 34.9 Å². The number of ether oxygens (including phenoxy) is 1. The maximum absolute atomic E-state index is 14.4. The number of halogens is 1. The molecule has 0 bridgehead atoms. The third-order valence-corrected chi connectivity index (χ3v) is 5.46. The molecule has 2 N–H and O–H groups in total. The van der Waals surface area contributed by atoms with Crippen LogP contribution in [0.3, 0.4) is 0 Å². The first-order valence-electron chi connectivity index (χ1n) is 9.66. The minimum Gasteiger partial charge on any atom is -0.467 e. The van der Waals surface area contributed by atoms with E-state index in [1.165, 1.54) is 13.3 Å². The summed E-state index contributed by atoms with van der Waals surface area (Å²) in [5.41, 5.74) is 9.76. The number of benzene rings is 2. The highest BCUT2D eigenvalue weighted by Crippen LogP contribution is 2.46. The van der Waals surface area contributed by atoms with Crippen molar-refractivity contribution >= 4 is 5.84 Å². The van der Waals surface area contributed by atoms with Crippen LogP contribution in [0.25, 0.3) is 11.1 Å². The fourth-order valence-corrected chi connectivity index (χ4v) is 4.05. The number of pyridine rings is 1. The summed E-state index contributed by atoms with van der Waals surface area (Å²) in [6.07, 6.45) is 4.79. The lowest BCUT2D eigenvalue weighted by Crippen LogP contribution is -2.26. The van der Waals surface area contributed by atoms with E-state index in [-0.39, 0.29) is 6.01 Å². The molecule has 0 saturated heterocycles. The van der Waals surface area contributed by atoms with Crippen LogP contribution in [0, 0.1) is 5.95 Å². The predicted molar refractivity (Wildman–Crippen MR) is 115 cm³/mol. The minimum atomic E-state index is -0.971. The van der Waals surface area contributed by atoms with Crippen molar-refractivity contribution in [1.82, 2.24) is 15.0 Å². The first-order valence-corrected chi connectivity index (χ1v) is 9.66. The third kappa shape index (κ3) is 2.93. The highest BCUT2D eigenvalue weighted by atomic mass is 19.1. The van der Waals surface area contributed by atoms with Gasteiger partial charge in [-0.2, -0.15) is 4.39 Å². The molecular weight excluding hydrogens is 393 g/mol. The molecule has 0 amide bonds. The molecule has 1 atom stereocenters. The van der Waals surface area contributed by atoms with Crippen LogP contribution in [-0.2, 0) is 5.54 Å². The summed E-state index contributed by atoms with van der Waals surface area (Å²) in [6, 6.07) is 19.0. The van der Waals surface area contributed by atoms with Gasteiger partial charge in [0.1, 0.15) is 11.4 Å². The van der Waals surface area contributed by atoms with Crippen LogP contribution in [-0.4, -0.2) is 27.9 Å². The Morgan fingerprint density at radius 3 is 2.42 bits per heavy atom. The highest BCUT2D eigenvalue weighted by molar-refractivity contribution is 6.03. The van der Waals surface area contributed by atoms with Crippen LogP contribution in [0.15, 0.2) is 84.2 Å². The molecule has 0 radical (unpaired) electrons. The molecule has 6 nitrogen and oxygen atoms in total. The minimum absolute atomic E-state index is 0.258. The summed E-state index contributed by atoms with van der Waals surface area (Å²) in [7, 11) is 1.51. The lowest BCUT2D eigenvalue weighted by atomic mass is 9.78. The summed E-state index contributed by atoms with van der Waals surface area (Å²) in [4.78, 5) is 17.3. The largest absolute Gasteiger partial charge is 0.467 e. The summed E-state index contributed by atoms with van der Waals surface area (Å²) in [6.45, 7) is 0. The second-order valence-electron chi connectivity index (χ2n) is 7.13. The second kappa shape index (κ2) is 7.28. The summed E-state index contributed by atoms with van der Waals surface area (Å²) < 4.78 is 19.5. The lowest BCUT2D eigenvalue weighted by Gasteiger charge is -2.29. The van der Waals surface area contributed by atoms with Crippen LogP contribution in [0.2, 0.25) is 0 Å². The van der Waals surface area contributed by atoms with E-state index in [9.17, 15) is 4.39 Å². The van der Waals surface area contributed by atoms with Crippen molar-refractivity contribution in [3.63, 3.8) is 0 Å². The topological polar surface area (TPSA) is 86.3 Å². The zero-order valence-electron chi connectivity index (χ0n) is 16.7. The zero-order valence-corrected chi connectivity index (χ0v) is 16.7. The van der Waals surface area contributed by atoms with Crippen molar-refractivity contribution in [2.75, 3.05) is 7.11 Å². The van der Waals surface area contributed by atoms with Crippen LogP contribution < -0.4 is 10.5 Å². The van der Waals surface area contributed by atoms with Gasteiger partial charge in [0.05, 0.1) is 7.11 Å². The Kier molecular flexibility index (Phi) is 4.43. The summed E-state index contributed by atoms with van der Waals surface area (Å²) in [5.74, 6) is -0.110. The Labute approximate surface area is 178 Å². The van der Waals surface area contributed by atoms with E-state index in [1.807, 2.05) is 48.5 Å². The number of hydrogen-bond donors (Lipinski definition) is 1. The van der Waals surface area contributed by atoms with E-state index in [0.717, 1.165) is 22.3 Å². The number of aromatic nitrogens is 3. The van der Waals surface area contributed by atoms with Crippen molar-refractivity contribution in [2.24, 2.45) is 10.7 Å². The van der Waals surface area contributed by atoms with E-state index in [0.29, 0.717) is 17.0 Å². The normalized spacial score (nSPS) is 17.2.